The summed E-state index contributed by atoms with van der Waals surface area (Å²) in [6, 6.07) is 0. The number of hydrogen-bond donors (Lipinski definition) is 0. The molecule has 0 saturated heterocycles. The van der Waals surface area contributed by atoms with Crippen molar-refractivity contribution in [3.8, 4) is 0 Å². The van der Waals surface area contributed by atoms with Crippen molar-refractivity contribution in [2.24, 2.45) is 0 Å². The third-order valence-corrected chi connectivity index (χ3v) is 0.729. The van der Waals surface area contributed by atoms with Gasteiger partial charge in [-0.15, -0.1) is 0 Å². The maximum absolute atomic E-state index is 9.71. The lowest BCUT2D eigenvalue weighted by Gasteiger charge is -1.98. The molecular formula is C5H9O3-. The van der Waals surface area contributed by atoms with Gasteiger partial charge in [0.15, 0.2) is 0 Å². The zero-order valence-electron chi connectivity index (χ0n) is 4.85. The molecule has 0 unspecified atom stereocenters. The summed E-state index contributed by atoms with van der Waals surface area (Å²) in [5.74, 6) is -1.01. The zero-order chi connectivity index (χ0) is 6.41. The Kier molecular flexibility index (Phi) is 4.26. The van der Waals surface area contributed by atoms with Crippen molar-refractivity contribution in [3.05, 3.63) is 0 Å². The molecule has 0 aromatic carbocycles. The molecule has 0 atom stereocenters. The van der Waals surface area contributed by atoms with E-state index in [0.717, 1.165) is 0 Å². The van der Waals surface area contributed by atoms with Crippen LogP contribution in [0.5, 0.6) is 0 Å². The smallest absolute Gasteiger partial charge is 0.0465 e. The molecule has 48 valence electrons. The first kappa shape index (κ1) is 7.43. The van der Waals surface area contributed by atoms with Crippen LogP contribution in [-0.2, 0) is 9.53 Å². The fourth-order valence-corrected chi connectivity index (χ4v) is 0.361. The minimum Gasteiger partial charge on any atom is -0.550 e. The normalized spacial score (nSPS) is 9.12. The van der Waals surface area contributed by atoms with Crippen LogP contribution >= 0.6 is 0 Å². The number of carbonyl (C=O) groups is 1. The van der Waals surface area contributed by atoms with Crippen molar-refractivity contribution >= 4 is 5.97 Å². The van der Waals surface area contributed by atoms with Crippen molar-refractivity contribution in [2.75, 3.05) is 13.7 Å². The summed E-state index contributed by atoms with van der Waals surface area (Å²) in [5, 5.41) is 9.71. The van der Waals surface area contributed by atoms with Gasteiger partial charge in [0.2, 0.25) is 0 Å². The molecule has 0 radical (unpaired) electrons. The van der Waals surface area contributed by atoms with E-state index < -0.39 is 5.97 Å². The average Bonchev–Trinajstić information content (AvgIpc) is 1.66. The summed E-state index contributed by atoms with van der Waals surface area (Å²) in [5.41, 5.74) is 0. The highest BCUT2D eigenvalue weighted by Gasteiger charge is 1.84. The second-order valence-corrected chi connectivity index (χ2v) is 1.47. The Hall–Kier alpha value is -0.570. The Morgan fingerprint density at radius 3 is 2.75 bits per heavy atom. The van der Waals surface area contributed by atoms with Crippen LogP contribution in [0, 0.1) is 0 Å². The molecule has 8 heavy (non-hydrogen) atoms. The van der Waals surface area contributed by atoms with Gasteiger partial charge >= 0.3 is 0 Å². The van der Waals surface area contributed by atoms with Crippen LogP contribution in [0.2, 0.25) is 0 Å². The highest BCUT2D eigenvalue weighted by atomic mass is 16.5. The van der Waals surface area contributed by atoms with Crippen molar-refractivity contribution in [1.82, 2.24) is 0 Å². The number of carboxylic acids is 1. The molecular weight excluding hydrogens is 108 g/mol. The zero-order valence-corrected chi connectivity index (χ0v) is 4.85. The van der Waals surface area contributed by atoms with Gasteiger partial charge in [-0.2, -0.15) is 0 Å². The van der Waals surface area contributed by atoms with Crippen LogP contribution in [0.4, 0.5) is 0 Å². The molecule has 0 spiro atoms. The number of methoxy groups -OCH3 is 1. The first-order valence-electron chi connectivity index (χ1n) is 2.46. The van der Waals surface area contributed by atoms with Gasteiger partial charge in [-0.3, -0.25) is 0 Å². The average molecular weight is 117 g/mol. The van der Waals surface area contributed by atoms with Crippen LogP contribution in [0.3, 0.4) is 0 Å². The van der Waals surface area contributed by atoms with E-state index in [2.05, 4.69) is 4.74 Å². The van der Waals surface area contributed by atoms with Gasteiger partial charge in [0.1, 0.15) is 0 Å². The second kappa shape index (κ2) is 4.59. The summed E-state index contributed by atoms with van der Waals surface area (Å²) < 4.78 is 4.60. The lowest BCUT2D eigenvalue weighted by Crippen LogP contribution is -2.21. The van der Waals surface area contributed by atoms with Crippen molar-refractivity contribution in [1.29, 1.82) is 0 Å². The standard InChI is InChI=1S/C5H10O3/c1-8-4-2-3-5(6)7/h2-4H2,1H3,(H,6,7)/p-1. The summed E-state index contributed by atoms with van der Waals surface area (Å²) in [6.07, 6.45) is 0.632. The van der Waals surface area contributed by atoms with Gasteiger partial charge in [-0.25, -0.2) is 0 Å². The molecule has 0 aliphatic carbocycles. The highest BCUT2D eigenvalue weighted by Crippen LogP contribution is 1.84. The number of rotatable bonds is 4. The quantitative estimate of drug-likeness (QED) is 0.451. The molecule has 0 rings (SSSR count). The van der Waals surface area contributed by atoms with Crippen LogP contribution < -0.4 is 5.11 Å². The number of aliphatic carboxylic acids is 1. The molecule has 0 bridgehead atoms. The molecule has 0 fully saturated rings. The Labute approximate surface area is 48.3 Å². The van der Waals surface area contributed by atoms with Gasteiger partial charge in [0.05, 0.1) is 0 Å². The third-order valence-electron chi connectivity index (χ3n) is 0.729. The number of carboxylic acid groups (broad SMARTS) is 1. The largest absolute Gasteiger partial charge is 0.550 e. The van der Waals surface area contributed by atoms with E-state index >= 15 is 0 Å². The van der Waals surface area contributed by atoms with Crippen LogP contribution in [0.25, 0.3) is 0 Å². The van der Waals surface area contributed by atoms with E-state index in [1.807, 2.05) is 0 Å². The topological polar surface area (TPSA) is 49.4 Å². The summed E-state index contributed by atoms with van der Waals surface area (Å²) in [7, 11) is 1.54. The molecule has 0 amide bonds. The lowest BCUT2D eigenvalue weighted by molar-refractivity contribution is -0.305. The SMILES string of the molecule is COCCCC(=O)[O-]. The first-order chi connectivity index (χ1) is 3.77. The van der Waals surface area contributed by atoms with Gasteiger partial charge in [-0.1, -0.05) is 0 Å². The maximum Gasteiger partial charge on any atom is 0.0465 e. The highest BCUT2D eigenvalue weighted by molar-refractivity contribution is 5.64. The van der Waals surface area contributed by atoms with Gasteiger partial charge in [0, 0.05) is 19.7 Å². The Balaban J connectivity index is 2.82. The molecule has 0 aromatic heterocycles. The third kappa shape index (κ3) is 5.43. The molecule has 0 aliphatic heterocycles. The second-order valence-electron chi connectivity index (χ2n) is 1.47. The maximum atomic E-state index is 9.71. The van der Waals surface area contributed by atoms with Gasteiger partial charge < -0.3 is 14.6 Å². The summed E-state index contributed by atoms with van der Waals surface area (Å²) >= 11 is 0. The van der Waals surface area contributed by atoms with Gasteiger partial charge in [0.25, 0.3) is 0 Å². The van der Waals surface area contributed by atoms with Gasteiger partial charge in [-0.05, 0) is 12.8 Å². The monoisotopic (exact) mass is 117 g/mol. The molecule has 0 N–H and O–H groups in total. The minimum absolute atomic E-state index is 0.0911. The first-order valence-corrected chi connectivity index (χ1v) is 2.46. The van der Waals surface area contributed by atoms with E-state index in [1.165, 1.54) is 7.11 Å². The van der Waals surface area contributed by atoms with Crippen LogP contribution in [0.15, 0.2) is 0 Å². The van der Waals surface area contributed by atoms with E-state index in [0.29, 0.717) is 13.0 Å². The van der Waals surface area contributed by atoms with E-state index in [-0.39, 0.29) is 6.42 Å². The molecule has 0 saturated carbocycles. The Morgan fingerprint density at radius 2 is 2.38 bits per heavy atom. The van der Waals surface area contributed by atoms with Crippen LogP contribution in [-0.4, -0.2) is 19.7 Å². The van der Waals surface area contributed by atoms with E-state index in [4.69, 9.17) is 0 Å². The fraction of sp³-hybridized carbons (Fsp3) is 0.800. The van der Waals surface area contributed by atoms with Crippen molar-refractivity contribution in [3.63, 3.8) is 0 Å². The number of carbonyl (C=O) groups excluding carboxylic acids is 1. The summed E-state index contributed by atoms with van der Waals surface area (Å²) in [4.78, 5) is 9.71. The predicted molar refractivity (Wildman–Crippen MR) is 26.1 cm³/mol. The summed E-state index contributed by atoms with van der Waals surface area (Å²) in [6.45, 7) is 0.494. The molecule has 0 aliphatic rings. The van der Waals surface area contributed by atoms with E-state index in [9.17, 15) is 9.90 Å². The molecule has 0 aromatic rings. The fourth-order valence-electron chi connectivity index (χ4n) is 0.361. The van der Waals surface area contributed by atoms with Crippen molar-refractivity contribution < 1.29 is 14.6 Å². The van der Waals surface area contributed by atoms with Crippen molar-refractivity contribution in [2.45, 2.75) is 12.8 Å². The van der Waals surface area contributed by atoms with Crippen LogP contribution in [0.1, 0.15) is 12.8 Å². The Morgan fingerprint density at radius 1 is 1.75 bits per heavy atom. The van der Waals surface area contributed by atoms with E-state index in [1.54, 1.807) is 0 Å². The molecule has 3 nitrogen and oxygen atoms in total. The number of hydrogen-bond acceptors (Lipinski definition) is 3. The lowest BCUT2D eigenvalue weighted by atomic mass is 10.3. The molecule has 3 heteroatoms. The Bertz CT molecular complexity index is 70.1. The number of ether oxygens (including phenoxy) is 1. The molecule has 0 heterocycles. The predicted octanol–water partition coefficient (Wildman–Crippen LogP) is -0.837. The minimum atomic E-state index is -1.01.